The van der Waals surface area contributed by atoms with Gasteiger partial charge in [0.2, 0.25) is 0 Å². The van der Waals surface area contributed by atoms with Crippen LogP contribution in [0.4, 0.5) is 13.2 Å². The van der Waals surface area contributed by atoms with E-state index in [2.05, 4.69) is 18.5 Å². The van der Waals surface area contributed by atoms with Gasteiger partial charge in [0.1, 0.15) is 12.3 Å². The van der Waals surface area contributed by atoms with Crippen molar-refractivity contribution in [1.29, 1.82) is 0 Å². The number of hydrogen-bond acceptors (Lipinski definition) is 1. The van der Waals surface area contributed by atoms with Crippen molar-refractivity contribution < 1.29 is 13.2 Å². The highest BCUT2D eigenvalue weighted by molar-refractivity contribution is 4.97. The average Bonchev–Trinajstić information content (AvgIpc) is 2.77. The van der Waals surface area contributed by atoms with Gasteiger partial charge in [-0.15, -0.1) is 6.58 Å². The number of hydrogen-bond donors (Lipinski definition) is 1. The summed E-state index contributed by atoms with van der Waals surface area (Å²) in [4.78, 5) is 0. The molecule has 2 rings (SSSR count). The van der Waals surface area contributed by atoms with E-state index in [0.717, 1.165) is 25.3 Å². The van der Waals surface area contributed by atoms with Crippen LogP contribution < -0.4 is 5.32 Å². The van der Waals surface area contributed by atoms with Crippen LogP contribution in [-0.2, 0) is 0 Å². The number of alkyl halides is 2. The van der Waals surface area contributed by atoms with Gasteiger partial charge in [0.15, 0.2) is 0 Å². The Morgan fingerprint density at radius 3 is 2.39 bits per heavy atom. The molecule has 2 heterocycles. The van der Waals surface area contributed by atoms with Gasteiger partial charge in [0.05, 0.1) is 5.83 Å². The van der Waals surface area contributed by atoms with E-state index in [1.165, 1.54) is 13.3 Å². The summed E-state index contributed by atoms with van der Waals surface area (Å²) in [6.07, 6.45) is 3.30. The molecule has 2 aliphatic rings. The van der Waals surface area contributed by atoms with Gasteiger partial charge >= 0.3 is 0 Å². The number of halogens is 3. The monoisotopic (exact) mass is 261 g/mol. The minimum absolute atomic E-state index is 0.212. The van der Waals surface area contributed by atoms with Crippen molar-refractivity contribution >= 4 is 0 Å². The molecule has 0 aromatic carbocycles. The Labute approximate surface area is 107 Å². The molecule has 1 N–H and O–H groups in total. The van der Waals surface area contributed by atoms with E-state index in [0.29, 0.717) is 6.04 Å². The second-order valence-electron chi connectivity index (χ2n) is 5.06. The predicted octanol–water partition coefficient (Wildman–Crippen LogP) is 3.87. The van der Waals surface area contributed by atoms with Crippen LogP contribution in [0.25, 0.3) is 0 Å². The van der Waals surface area contributed by atoms with Crippen molar-refractivity contribution in [2.45, 2.75) is 57.0 Å². The summed E-state index contributed by atoms with van der Waals surface area (Å²) in [7, 11) is 0. The first-order valence-electron chi connectivity index (χ1n) is 6.46. The Kier molecular flexibility index (Phi) is 5.93. The molecule has 0 saturated carbocycles. The Balaban J connectivity index is 0.000000180. The normalized spacial score (nSPS) is 33.0. The third kappa shape index (κ3) is 4.16. The zero-order chi connectivity index (χ0) is 13.7. The van der Waals surface area contributed by atoms with Crippen LogP contribution in [0.15, 0.2) is 25.1 Å². The fraction of sp³-hybridized carbons (Fsp3) is 0.714. The lowest BCUT2D eigenvalue weighted by atomic mass is 10.0. The molecule has 4 unspecified atom stereocenters. The van der Waals surface area contributed by atoms with Crippen LogP contribution in [0.2, 0.25) is 0 Å². The lowest BCUT2D eigenvalue weighted by Crippen LogP contribution is -2.41. The molecule has 1 nitrogen and oxygen atoms in total. The second kappa shape index (κ2) is 6.98. The minimum atomic E-state index is -1.32. The highest BCUT2D eigenvalue weighted by atomic mass is 19.1. The Bertz CT molecular complexity index is 293. The lowest BCUT2D eigenvalue weighted by molar-refractivity contribution is 0.208. The maximum absolute atomic E-state index is 12.8. The van der Waals surface area contributed by atoms with Crippen molar-refractivity contribution in [3.05, 3.63) is 25.1 Å². The predicted molar refractivity (Wildman–Crippen MR) is 68.6 cm³/mol. The molecule has 2 saturated heterocycles. The van der Waals surface area contributed by atoms with E-state index < -0.39 is 24.1 Å². The molecule has 0 spiro atoms. The molecule has 4 heteroatoms. The van der Waals surface area contributed by atoms with Gasteiger partial charge in [0.25, 0.3) is 0 Å². The number of allylic oxidation sites excluding steroid dienone is 2. The van der Waals surface area contributed by atoms with Crippen molar-refractivity contribution in [3.63, 3.8) is 0 Å². The second-order valence-corrected chi connectivity index (χ2v) is 5.06. The Hall–Kier alpha value is -0.770. The Morgan fingerprint density at radius 1 is 1.33 bits per heavy atom. The quantitative estimate of drug-likeness (QED) is 0.760. The van der Waals surface area contributed by atoms with Crippen LogP contribution in [0, 0.1) is 5.92 Å². The van der Waals surface area contributed by atoms with Crippen LogP contribution in [0.1, 0.15) is 32.6 Å². The molecule has 0 aliphatic carbocycles. The summed E-state index contributed by atoms with van der Waals surface area (Å²) in [5.74, 6) is -1.40. The first kappa shape index (κ1) is 15.3. The summed E-state index contributed by atoms with van der Waals surface area (Å²) < 4.78 is 37.2. The van der Waals surface area contributed by atoms with Crippen molar-refractivity contribution in [1.82, 2.24) is 5.32 Å². The van der Waals surface area contributed by atoms with Crippen molar-refractivity contribution in [3.8, 4) is 0 Å². The zero-order valence-electron chi connectivity index (χ0n) is 10.8. The molecule has 104 valence electrons. The molecule has 2 aliphatic heterocycles. The van der Waals surface area contributed by atoms with Crippen LogP contribution in [0.3, 0.4) is 0 Å². The van der Waals surface area contributed by atoms with E-state index in [1.54, 1.807) is 0 Å². The summed E-state index contributed by atoms with van der Waals surface area (Å²) in [6, 6.07) is 0.866. The van der Waals surface area contributed by atoms with Gasteiger partial charge in [-0.25, -0.2) is 13.2 Å². The fourth-order valence-corrected chi connectivity index (χ4v) is 2.30. The van der Waals surface area contributed by atoms with E-state index in [9.17, 15) is 13.2 Å². The lowest BCUT2D eigenvalue weighted by Gasteiger charge is -2.23. The Morgan fingerprint density at radius 2 is 1.94 bits per heavy atom. The summed E-state index contributed by atoms with van der Waals surface area (Å²) in [5.41, 5.74) is 0. The third-order valence-electron chi connectivity index (χ3n) is 3.70. The number of rotatable bonds is 3. The molecular weight excluding hydrogens is 239 g/mol. The van der Waals surface area contributed by atoms with Gasteiger partial charge in [0, 0.05) is 18.0 Å². The van der Waals surface area contributed by atoms with Gasteiger partial charge in [-0.2, -0.15) is 0 Å². The fourth-order valence-electron chi connectivity index (χ4n) is 2.30. The summed E-state index contributed by atoms with van der Waals surface area (Å²) in [5, 5.41) is 3.27. The standard InChI is InChI=1S/C7H10F2.C7H12FN/c1-4-7(9)5(2)6(3)8;8-6-3-1-5-2-4-7(6)9-5/h4-5,7H,1,3H2,2H3;5-7,9H,1-4H2/t;5?,6-,7?/m.0/s1. The van der Waals surface area contributed by atoms with Gasteiger partial charge in [-0.1, -0.05) is 19.6 Å². The van der Waals surface area contributed by atoms with Gasteiger partial charge < -0.3 is 5.32 Å². The highest BCUT2D eigenvalue weighted by Crippen LogP contribution is 2.28. The third-order valence-corrected chi connectivity index (χ3v) is 3.70. The van der Waals surface area contributed by atoms with E-state index in [4.69, 9.17) is 0 Å². The largest absolute Gasteiger partial charge is 0.308 e. The molecule has 0 amide bonds. The van der Waals surface area contributed by atoms with Crippen molar-refractivity contribution in [2.24, 2.45) is 5.92 Å². The van der Waals surface area contributed by atoms with Gasteiger partial charge in [-0.3, -0.25) is 0 Å². The smallest absolute Gasteiger partial charge is 0.127 e. The van der Waals surface area contributed by atoms with Crippen LogP contribution in [0.5, 0.6) is 0 Å². The molecule has 18 heavy (non-hydrogen) atoms. The molecule has 0 radical (unpaired) electrons. The number of piperidine rings is 1. The molecule has 0 aromatic heterocycles. The first-order valence-corrected chi connectivity index (χ1v) is 6.46. The SMILES string of the molecule is C=CC(F)C(C)C(=C)F.F[C@H]1CCC2CCC1N2. The average molecular weight is 261 g/mol. The van der Waals surface area contributed by atoms with Gasteiger partial charge in [-0.05, 0) is 25.7 Å². The number of nitrogens with one attached hydrogen (secondary N) is 1. The van der Waals surface area contributed by atoms with E-state index >= 15 is 0 Å². The van der Waals surface area contributed by atoms with Crippen molar-refractivity contribution in [2.75, 3.05) is 0 Å². The molecule has 0 aromatic rings. The molecule has 2 fully saturated rings. The topological polar surface area (TPSA) is 12.0 Å². The summed E-state index contributed by atoms with van der Waals surface area (Å²) in [6.45, 7) is 7.58. The van der Waals surface area contributed by atoms with Crippen LogP contribution in [-0.4, -0.2) is 24.4 Å². The molecular formula is C14H22F3N. The number of fused-ring (bicyclic) bond motifs is 2. The minimum Gasteiger partial charge on any atom is -0.308 e. The molecule has 2 bridgehead atoms. The summed E-state index contributed by atoms with van der Waals surface area (Å²) >= 11 is 0. The zero-order valence-corrected chi connectivity index (χ0v) is 10.8. The first-order chi connectivity index (χ1) is 8.45. The highest BCUT2D eigenvalue weighted by Gasteiger charge is 2.34. The van der Waals surface area contributed by atoms with E-state index in [-0.39, 0.29) is 6.04 Å². The maximum atomic E-state index is 12.8. The van der Waals surface area contributed by atoms with E-state index in [1.807, 2.05) is 0 Å². The molecule has 5 atom stereocenters. The van der Waals surface area contributed by atoms with Crippen LogP contribution >= 0.6 is 0 Å². The maximum Gasteiger partial charge on any atom is 0.127 e.